The largest absolute Gasteiger partial charge is 0.294 e. The summed E-state index contributed by atoms with van der Waals surface area (Å²) >= 11 is 0. The lowest BCUT2D eigenvalue weighted by molar-refractivity contribution is 0.0991. The van der Waals surface area contributed by atoms with Gasteiger partial charge in [-0.3, -0.25) is 4.79 Å². The molecule has 0 atom stereocenters. The van der Waals surface area contributed by atoms with Crippen LogP contribution in [-0.4, -0.2) is 5.78 Å². The van der Waals surface area contributed by atoms with Gasteiger partial charge in [0.25, 0.3) is 0 Å². The molecule has 0 spiro atoms. The van der Waals surface area contributed by atoms with Gasteiger partial charge in [0.1, 0.15) is 0 Å². The van der Waals surface area contributed by atoms with Crippen LogP contribution in [0, 0.1) is 13.8 Å². The van der Waals surface area contributed by atoms with Crippen molar-refractivity contribution in [1.29, 1.82) is 0 Å². The summed E-state index contributed by atoms with van der Waals surface area (Å²) in [5.74, 6) is 0.245. The van der Waals surface area contributed by atoms with Crippen LogP contribution >= 0.6 is 0 Å². The fraction of sp³-hybridized carbons (Fsp3) is 0.150. The topological polar surface area (TPSA) is 17.1 Å². The first-order valence-electron chi connectivity index (χ1n) is 7.32. The molecule has 0 amide bonds. The van der Waals surface area contributed by atoms with Gasteiger partial charge in [0.15, 0.2) is 5.78 Å². The number of rotatable bonds is 0. The average Bonchev–Trinajstić information content (AvgIpc) is 2.51. The molecule has 0 radical (unpaired) electrons. The van der Waals surface area contributed by atoms with Crippen LogP contribution in [0.5, 0.6) is 0 Å². The first-order chi connectivity index (χ1) is 10.2. The molecule has 3 aromatic carbocycles. The van der Waals surface area contributed by atoms with Gasteiger partial charge in [0, 0.05) is 12.0 Å². The highest BCUT2D eigenvalue weighted by Crippen LogP contribution is 2.41. The van der Waals surface area contributed by atoms with Crippen molar-refractivity contribution in [2.75, 3.05) is 0 Å². The lowest BCUT2D eigenvalue weighted by atomic mass is 9.78. The summed E-state index contributed by atoms with van der Waals surface area (Å²) in [6.07, 6.45) is 0.516. The normalized spacial score (nSPS) is 13.1. The Bertz CT molecular complexity index is 903. The number of Topliss-reactive ketones (excluding diaryl/α,β-unsaturated/α-hetero) is 1. The van der Waals surface area contributed by atoms with Crippen molar-refractivity contribution < 1.29 is 4.79 Å². The van der Waals surface area contributed by atoms with E-state index in [1.54, 1.807) is 0 Å². The third kappa shape index (κ3) is 1.61. The predicted molar refractivity (Wildman–Crippen MR) is 86.9 cm³/mol. The van der Waals surface area contributed by atoms with Crippen LogP contribution in [0.4, 0.5) is 0 Å². The van der Waals surface area contributed by atoms with E-state index in [0.29, 0.717) is 6.42 Å². The van der Waals surface area contributed by atoms with Crippen molar-refractivity contribution in [2.24, 2.45) is 0 Å². The lowest BCUT2D eigenvalue weighted by Gasteiger charge is -2.24. The van der Waals surface area contributed by atoms with Crippen molar-refractivity contribution >= 4 is 16.6 Å². The van der Waals surface area contributed by atoms with Crippen molar-refractivity contribution in [1.82, 2.24) is 0 Å². The molecule has 21 heavy (non-hydrogen) atoms. The zero-order valence-electron chi connectivity index (χ0n) is 12.2. The van der Waals surface area contributed by atoms with E-state index in [2.05, 4.69) is 50.2 Å². The van der Waals surface area contributed by atoms with Crippen LogP contribution < -0.4 is 0 Å². The fourth-order valence-corrected chi connectivity index (χ4v) is 3.65. The Hall–Kier alpha value is -2.41. The second-order valence-corrected chi connectivity index (χ2v) is 5.80. The van der Waals surface area contributed by atoms with Gasteiger partial charge in [0.05, 0.1) is 0 Å². The molecule has 0 unspecified atom stereocenters. The van der Waals surface area contributed by atoms with Crippen LogP contribution in [0.1, 0.15) is 27.0 Å². The number of hydrogen-bond acceptors (Lipinski definition) is 1. The summed E-state index contributed by atoms with van der Waals surface area (Å²) in [6, 6.07) is 16.7. The van der Waals surface area contributed by atoms with Gasteiger partial charge < -0.3 is 0 Å². The summed E-state index contributed by atoms with van der Waals surface area (Å²) in [5, 5.41) is 2.44. The molecule has 0 bridgehead atoms. The van der Waals surface area contributed by atoms with E-state index in [1.807, 2.05) is 12.1 Å². The van der Waals surface area contributed by atoms with Gasteiger partial charge in [-0.1, -0.05) is 48.5 Å². The van der Waals surface area contributed by atoms with Crippen LogP contribution in [0.2, 0.25) is 0 Å². The lowest BCUT2D eigenvalue weighted by Crippen LogP contribution is -2.15. The molecule has 3 aromatic rings. The Morgan fingerprint density at radius 1 is 0.762 bits per heavy atom. The van der Waals surface area contributed by atoms with Gasteiger partial charge in [-0.2, -0.15) is 0 Å². The van der Waals surface area contributed by atoms with Crippen LogP contribution in [0.15, 0.2) is 48.5 Å². The Balaban J connectivity index is 2.23. The number of carbonyl (C=O) groups is 1. The molecule has 0 saturated heterocycles. The van der Waals surface area contributed by atoms with E-state index >= 15 is 0 Å². The zero-order chi connectivity index (χ0) is 14.6. The van der Waals surface area contributed by atoms with Crippen molar-refractivity contribution in [3.05, 3.63) is 70.8 Å². The first kappa shape index (κ1) is 12.3. The Kier molecular flexibility index (Phi) is 2.52. The maximum Gasteiger partial charge on any atom is 0.168 e. The molecule has 102 valence electrons. The van der Waals surface area contributed by atoms with Gasteiger partial charge >= 0.3 is 0 Å². The molecule has 1 aliphatic rings. The highest BCUT2D eigenvalue weighted by molar-refractivity contribution is 6.14. The highest BCUT2D eigenvalue weighted by Gasteiger charge is 2.27. The molecule has 1 nitrogen and oxygen atoms in total. The molecular weight excluding hydrogens is 256 g/mol. The third-order valence-corrected chi connectivity index (χ3v) is 4.65. The predicted octanol–water partition coefficient (Wildman–Crippen LogP) is 4.86. The number of benzene rings is 3. The molecule has 1 aliphatic carbocycles. The summed E-state index contributed by atoms with van der Waals surface area (Å²) < 4.78 is 0. The Morgan fingerprint density at radius 3 is 2.05 bits per heavy atom. The maximum atomic E-state index is 12.7. The maximum absolute atomic E-state index is 12.7. The monoisotopic (exact) mass is 272 g/mol. The zero-order valence-corrected chi connectivity index (χ0v) is 12.2. The smallest absolute Gasteiger partial charge is 0.168 e. The van der Waals surface area contributed by atoms with E-state index in [1.165, 1.54) is 21.9 Å². The molecule has 4 rings (SSSR count). The van der Waals surface area contributed by atoms with E-state index in [-0.39, 0.29) is 5.78 Å². The minimum absolute atomic E-state index is 0.245. The SMILES string of the molecule is Cc1c2c(c(C)c3ccccc13)-c1ccccc1CC2=O. The summed E-state index contributed by atoms with van der Waals surface area (Å²) in [6.45, 7) is 4.21. The third-order valence-electron chi connectivity index (χ3n) is 4.65. The van der Waals surface area contributed by atoms with Crippen LogP contribution in [0.3, 0.4) is 0 Å². The van der Waals surface area contributed by atoms with E-state index < -0.39 is 0 Å². The number of fused-ring (bicyclic) bond motifs is 4. The van der Waals surface area contributed by atoms with Gasteiger partial charge in [0.2, 0.25) is 0 Å². The Labute approximate surface area is 124 Å². The first-order valence-corrected chi connectivity index (χ1v) is 7.32. The highest BCUT2D eigenvalue weighted by atomic mass is 16.1. The van der Waals surface area contributed by atoms with Crippen LogP contribution in [-0.2, 0) is 6.42 Å². The van der Waals surface area contributed by atoms with Crippen molar-refractivity contribution in [3.8, 4) is 11.1 Å². The second-order valence-electron chi connectivity index (χ2n) is 5.80. The quantitative estimate of drug-likeness (QED) is 0.571. The van der Waals surface area contributed by atoms with Gasteiger partial charge in [-0.15, -0.1) is 0 Å². The van der Waals surface area contributed by atoms with E-state index in [0.717, 1.165) is 22.3 Å². The molecule has 0 N–H and O–H groups in total. The molecule has 0 heterocycles. The minimum Gasteiger partial charge on any atom is -0.294 e. The van der Waals surface area contributed by atoms with E-state index in [4.69, 9.17) is 0 Å². The fourth-order valence-electron chi connectivity index (χ4n) is 3.65. The molecule has 0 fully saturated rings. The number of aryl methyl sites for hydroxylation is 2. The van der Waals surface area contributed by atoms with Gasteiger partial charge in [-0.05, 0) is 52.4 Å². The molecule has 1 heteroatoms. The molecule has 0 aromatic heterocycles. The molecule has 0 saturated carbocycles. The molecular formula is C20H16O. The Morgan fingerprint density at radius 2 is 1.33 bits per heavy atom. The standard InChI is InChI=1S/C20H16O/c1-12-15-8-5-6-9-16(15)13(2)20-18(21)11-14-7-3-4-10-17(14)19(12)20/h3-10H,11H2,1-2H3. The summed E-state index contributed by atoms with van der Waals surface area (Å²) in [4.78, 5) is 12.7. The van der Waals surface area contributed by atoms with E-state index in [9.17, 15) is 4.79 Å². The summed E-state index contributed by atoms with van der Waals surface area (Å²) in [5.41, 5.74) is 6.76. The van der Waals surface area contributed by atoms with Crippen molar-refractivity contribution in [2.45, 2.75) is 20.3 Å². The van der Waals surface area contributed by atoms with Crippen molar-refractivity contribution in [3.63, 3.8) is 0 Å². The van der Waals surface area contributed by atoms with Crippen LogP contribution in [0.25, 0.3) is 21.9 Å². The minimum atomic E-state index is 0.245. The van der Waals surface area contributed by atoms with Gasteiger partial charge in [-0.25, -0.2) is 0 Å². The number of hydrogen-bond donors (Lipinski definition) is 0. The molecule has 0 aliphatic heterocycles. The average molecular weight is 272 g/mol. The number of carbonyl (C=O) groups excluding carboxylic acids is 1. The second kappa shape index (κ2) is 4.29. The number of ketones is 1. The summed E-state index contributed by atoms with van der Waals surface area (Å²) in [7, 11) is 0.